The lowest BCUT2D eigenvalue weighted by atomic mass is 9.97. The van der Waals surface area contributed by atoms with Crippen molar-refractivity contribution in [3.05, 3.63) is 41.1 Å². The highest BCUT2D eigenvalue weighted by Crippen LogP contribution is 2.30. The summed E-state index contributed by atoms with van der Waals surface area (Å²) in [6.45, 7) is 7.35. The number of allylic oxidation sites excluding steroid dienone is 3. The van der Waals surface area contributed by atoms with Gasteiger partial charge in [-0.25, -0.2) is 4.99 Å². The first-order chi connectivity index (χ1) is 11.9. The van der Waals surface area contributed by atoms with Gasteiger partial charge in [0.25, 0.3) is 0 Å². The van der Waals surface area contributed by atoms with E-state index in [1.165, 1.54) is 0 Å². The molecule has 0 unspecified atom stereocenters. The van der Waals surface area contributed by atoms with Crippen molar-refractivity contribution in [2.24, 2.45) is 10.7 Å². The Morgan fingerprint density at radius 3 is 2.88 bits per heavy atom. The second kappa shape index (κ2) is 8.27. The van der Waals surface area contributed by atoms with Crippen molar-refractivity contribution in [3.8, 4) is 0 Å². The van der Waals surface area contributed by atoms with Crippen molar-refractivity contribution in [2.75, 3.05) is 6.54 Å². The van der Waals surface area contributed by atoms with E-state index in [2.05, 4.69) is 27.2 Å². The van der Waals surface area contributed by atoms with Gasteiger partial charge < -0.3 is 16.0 Å². The molecule has 2 amide bonds. The summed E-state index contributed by atoms with van der Waals surface area (Å²) in [4.78, 5) is 30.2. The lowest BCUT2D eigenvalue weighted by molar-refractivity contribution is -0.148. The maximum absolute atomic E-state index is 12.6. The molecular formula is C17H24N6O2. The number of hydrogen-bond donors (Lipinski definition) is 3. The van der Waals surface area contributed by atoms with Crippen molar-refractivity contribution in [3.63, 3.8) is 0 Å². The van der Waals surface area contributed by atoms with E-state index in [4.69, 9.17) is 5.73 Å². The quantitative estimate of drug-likeness (QED) is 0.434. The number of nitrogens with two attached hydrogens (primary N) is 1. The van der Waals surface area contributed by atoms with Crippen LogP contribution in [0.25, 0.3) is 0 Å². The molecule has 1 fully saturated rings. The van der Waals surface area contributed by atoms with E-state index < -0.39 is 11.8 Å². The van der Waals surface area contributed by atoms with Gasteiger partial charge in [0.15, 0.2) is 0 Å². The third-order valence-corrected chi connectivity index (χ3v) is 4.18. The second-order valence-electron chi connectivity index (χ2n) is 6.05. The maximum Gasteiger partial charge on any atom is 0.313 e. The summed E-state index contributed by atoms with van der Waals surface area (Å²) >= 11 is 0. The summed E-state index contributed by atoms with van der Waals surface area (Å²) in [6, 6.07) is -0.128. The minimum Gasteiger partial charge on any atom is -0.384 e. The van der Waals surface area contributed by atoms with E-state index in [0.29, 0.717) is 17.8 Å². The van der Waals surface area contributed by atoms with E-state index in [1.807, 2.05) is 0 Å². The highest BCUT2D eigenvalue weighted by atomic mass is 16.2. The molecule has 0 bridgehead atoms. The number of aliphatic imine (C=N–C) groups is 1. The smallest absolute Gasteiger partial charge is 0.313 e. The predicted molar refractivity (Wildman–Crippen MR) is 95.2 cm³/mol. The topological polar surface area (TPSA) is 116 Å². The maximum atomic E-state index is 12.6. The van der Waals surface area contributed by atoms with Crippen LogP contribution in [0.2, 0.25) is 0 Å². The van der Waals surface area contributed by atoms with Crippen LogP contribution in [-0.2, 0) is 9.59 Å². The molecule has 2 rings (SSSR count). The molecule has 0 spiro atoms. The first kappa shape index (κ1) is 18.4. The lowest BCUT2D eigenvalue weighted by Crippen LogP contribution is -2.46. The van der Waals surface area contributed by atoms with Crippen LogP contribution >= 0.6 is 0 Å². The number of nitrogens with one attached hydrogen (secondary N) is 2. The fraction of sp³-hybridized carbons (Fsp3) is 0.412. The predicted octanol–water partition coefficient (Wildman–Crippen LogP) is 1.37. The third kappa shape index (κ3) is 4.56. The Kier molecular flexibility index (Phi) is 6.10. The number of hydrogen-bond acceptors (Lipinski definition) is 5. The SMILES string of the molecule is C=N/C(N)=C(C)\C=C(/C)NC(=O)C(=O)N1CCCC[C@H]1c1cn[nH]c1. The average molecular weight is 344 g/mol. The van der Waals surface area contributed by atoms with Crippen LogP contribution in [0.5, 0.6) is 0 Å². The molecule has 2 heterocycles. The molecule has 1 saturated heterocycles. The Bertz CT molecular complexity index is 705. The summed E-state index contributed by atoms with van der Waals surface area (Å²) in [5, 5.41) is 9.30. The van der Waals surface area contributed by atoms with Crippen LogP contribution in [0, 0.1) is 0 Å². The minimum atomic E-state index is -0.665. The first-order valence-corrected chi connectivity index (χ1v) is 8.16. The summed E-state index contributed by atoms with van der Waals surface area (Å²) < 4.78 is 0. The van der Waals surface area contributed by atoms with Gasteiger partial charge in [-0.05, 0) is 51.5 Å². The van der Waals surface area contributed by atoms with Gasteiger partial charge in [0.2, 0.25) is 0 Å². The Labute approximate surface area is 146 Å². The Morgan fingerprint density at radius 1 is 1.48 bits per heavy atom. The molecule has 8 nitrogen and oxygen atoms in total. The van der Waals surface area contributed by atoms with Gasteiger partial charge in [-0.2, -0.15) is 5.10 Å². The van der Waals surface area contributed by atoms with E-state index in [0.717, 1.165) is 24.8 Å². The van der Waals surface area contributed by atoms with E-state index in [-0.39, 0.29) is 11.9 Å². The zero-order chi connectivity index (χ0) is 18.4. The van der Waals surface area contributed by atoms with Crippen molar-refractivity contribution >= 4 is 18.5 Å². The number of likely N-dealkylation sites (tertiary alicyclic amines) is 1. The zero-order valence-electron chi connectivity index (χ0n) is 14.6. The fourth-order valence-electron chi connectivity index (χ4n) is 2.89. The number of nitrogens with zero attached hydrogens (tertiary/aromatic N) is 3. The largest absolute Gasteiger partial charge is 0.384 e. The highest BCUT2D eigenvalue weighted by Gasteiger charge is 2.32. The van der Waals surface area contributed by atoms with Gasteiger partial charge in [0.1, 0.15) is 5.82 Å². The number of aromatic nitrogens is 2. The van der Waals surface area contributed by atoms with Crippen LogP contribution in [0.4, 0.5) is 0 Å². The fourth-order valence-corrected chi connectivity index (χ4v) is 2.89. The second-order valence-corrected chi connectivity index (χ2v) is 6.05. The van der Waals surface area contributed by atoms with Crippen LogP contribution < -0.4 is 11.1 Å². The van der Waals surface area contributed by atoms with Gasteiger partial charge in [-0.15, -0.1) is 0 Å². The van der Waals surface area contributed by atoms with Crippen molar-refractivity contribution in [2.45, 2.75) is 39.2 Å². The molecule has 1 aromatic rings. The Hall–Kier alpha value is -2.90. The molecule has 134 valence electrons. The standard InChI is InChI=1S/C17H24N6O2/c1-11(15(18)19-3)8-12(2)22-16(24)17(25)23-7-5-4-6-14(23)13-9-20-21-10-13/h8-10,14H,3-7,18H2,1-2H3,(H,20,21)(H,22,24)/b12-8+,15-11-/t14-/m0/s1. The number of rotatable bonds is 4. The van der Waals surface area contributed by atoms with E-state index in [9.17, 15) is 9.59 Å². The molecule has 0 saturated carbocycles. The number of carbonyl (C=O) groups is 2. The molecule has 4 N–H and O–H groups in total. The van der Waals surface area contributed by atoms with Crippen LogP contribution in [0.1, 0.15) is 44.7 Å². The molecule has 0 aliphatic carbocycles. The summed E-state index contributed by atoms with van der Waals surface area (Å²) in [5.41, 5.74) is 7.74. The molecule has 1 atom stereocenters. The monoisotopic (exact) mass is 344 g/mol. The molecule has 1 aromatic heterocycles. The lowest BCUT2D eigenvalue weighted by Gasteiger charge is -2.34. The number of amides is 2. The van der Waals surface area contributed by atoms with Crippen molar-refractivity contribution < 1.29 is 9.59 Å². The molecular weight excluding hydrogens is 320 g/mol. The number of piperidine rings is 1. The first-order valence-electron chi connectivity index (χ1n) is 8.16. The van der Waals surface area contributed by atoms with Gasteiger partial charge >= 0.3 is 11.8 Å². The Balaban J connectivity index is 2.09. The van der Waals surface area contributed by atoms with Gasteiger partial charge in [0.05, 0.1) is 12.2 Å². The molecule has 0 aromatic carbocycles. The van der Waals surface area contributed by atoms with Crippen LogP contribution in [0.15, 0.2) is 40.6 Å². The van der Waals surface area contributed by atoms with Crippen LogP contribution in [0.3, 0.4) is 0 Å². The molecule has 1 aliphatic heterocycles. The number of aromatic amines is 1. The summed E-state index contributed by atoms with van der Waals surface area (Å²) in [6.07, 6.45) is 7.82. The normalized spacial score (nSPS) is 19.2. The molecule has 1 aliphatic rings. The highest BCUT2D eigenvalue weighted by molar-refractivity contribution is 6.35. The molecule has 25 heavy (non-hydrogen) atoms. The average Bonchev–Trinajstić information content (AvgIpc) is 3.14. The van der Waals surface area contributed by atoms with E-state index in [1.54, 1.807) is 37.2 Å². The van der Waals surface area contributed by atoms with Crippen molar-refractivity contribution in [1.29, 1.82) is 0 Å². The number of H-pyrrole nitrogens is 1. The Morgan fingerprint density at radius 2 is 2.24 bits per heavy atom. The summed E-state index contributed by atoms with van der Waals surface area (Å²) in [7, 11) is 0. The minimum absolute atomic E-state index is 0.128. The van der Waals surface area contributed by atoms with E-state index >= 15 is 0 Å². The number of carbonyl (C=O) groups excluding carboxylic acids is 2. The third-order valence-electron chi connectivity index (χ3n) is 4.18. The molecule has 0 radical (unpaired) electrons. The van der Waals surface area contributed by atoms with Gasteiger partial charge in [-0.3, -0.25) is 14.7 Å². The molecule has 8 heteroatoms. The summed E-state index contributed by atoms with van der Waals surface area (Å²) in [5.74, 6) is -0.937. The van der Waals surface area contributed by atoms with Crippen molar-refractivity contribution in [1.82, 2.24) is 20.4 Å². The van der Waals surface area contributed by atoms with Crippen LogP contribution in [-0.4, -0.2) is 40.2 Å². The van der Waals surface area contributed by atoms with Gasteiger partial charge in [-0.1, -0.05) is 0 Å². The van der Waals surface area contributed by atoms with Gasteiger partial charge in [0, 0.05) is 24.0 Å². The zero-order valence-corrected chi connectivity index (χ0v) is 14.6.